The lowest BCUT2D eigenvalue weighted by Gasteiger charge is -2.07. The van der Waals surface area contributed by atoms with Crippen molar-refractivity contribution in [3.8, 4) is 5.69 Å². The molecule has 3 heterocycles. The molecule has 0 amide bonds. The maximum absolute atomic E-state index is 5.69. The molecule has 0 spiro atoms. The highest BCUT2D eigenvalue weighted by Gasteiger charge is 2.25. The van der Waals surface area contributed by atoms with Crippen LogP contribution in [0.15, 0.2) is 31.1 Å². The summed E-state index contributed by atoms with van der Waals surface area (Å²) in [4.78, 5) is 4.57. The number of nitrogens with zero attached hydrogens (tertiary/aromatic N) is 5. The van der Waals surface area contributed by atoms with Gasteiger partial charge in [0.15, 0.2) is 5.65 Å². The van der Waals surface area contributed by atoms with Crippen molar-refractivity contribution in [1.82, 2.24) is 24.1 Å². The SMILES string of the molecule is NCc1cn2cc(C3CC3)cc(-n3cnnc3)c2n1. The van der Waals surface area contributed by atoms with Gasteiger partial charge in [0.1, 0.15) is 12.7 Å². The topological polar surface area (TPSA) is 74.0 Å². The predicted octanol–water partition coefficient (Wildman–Crippen LogP) is 1.25. The zero-order valence-corrected chi connectivity index (χ0v) is 10.4. The second-order valence-electron chi connectivity index (χ2n) is 4.97. The van der Waals surface area contributed by atoms with E-state index in [9.17, 15) is 0 Å². The summed E-state index contributed by atoms with van der Waals surface area (Å²) in [6.07, 6.45) is 10.1. The standard InChI is InChI=1S/C13H14N6/c14-4-11-6-18-5-10(9-1-2-9)3-12(13(18)17-11)19-7-15-16-8-19/h3,5-9H,1-2,4,14H2. The minimum Gasteiger partial charge on any atom is -0.325 e. The highest BCUT2D eigenvalue weighted by Crippen LogP contribution is 2.40. The fourth-order valence-electron chi connectivity index (χ4n) is 2.41. The molecule has 0 aliphatic heterocycles. The molecule has 3 aromatic heterocycles. The Morgan fingerprint density at radius 3 is 2.68 bits per heavy atom. The maximum atomic E-state index is 5.69. The first-order valence-electron chi connectivity index (χ1n) is 6.42. The van der Waals surface area contributed by atoms with Crippen molar-refractivity contribution in [3.05, 3.63) is 42.4 Å². The summed E-state index contributed by atoms with van der Waals surface area (Å²) in [5.74, 6) is 0.684. The van der Waals surface area contributed by atoms with E-state index in [1.165, 1.54) is 18.4 Å². The summed E-state index contributed by atoms with van der Waals surface area (Å²) in [6, 6.07) is 2.18. The number of nitrogens with two attached hydrogens (primary N) is 1. The third-order valence-corrected chi connectivity index (χ3v) is 3.56. The smallest absolute Gasteiger partial charge is 0.161 e. The van der Waals surface area contributed by atoms with Crippen LogP contribution in [-0.2, 0) is 6.54 Å². The van der Waals surface area contributed by atoms with Gasteiger partial charge in [0.05, 0.1) is 11.4 Å². The Labute approximate surface area is 109 Å². The largest absolute Gasteiger partial charge is 0.325 e. The van der Waals surface area contributed by atoms with Gasteiger partial charge in [-0.1, -0.05) is 0 Å². The second kappa shape index (κ2) is 3.89. The minimum absolute atomic E-state index is 0.446. The van der Waals surface area contributed by atoms with Gasteiger partial charge in [0, 0.05) is 18.9 Å². The maximum Gasteiger partial charge on any atom is 0.161 e. The van der Waals surface area contributed by atoms with E-state index in [1.807, 2.05) is 10.8 Å². The number of aromatic nitrogens is 5. The summed E-state index contributed by atoms with van der Waals surface area (Å²) in [7, 11) is 0. The van der Waals surface area contributed by atoms with Gasteiger partial charge in [-0.2, -0.15) is 0 Å². The molecule has 2 N–H and O–H groups in total. The fraction of sp³-hybridized carbons (Fsp3) is 0.308. The molecule has 1 aliphatic rings. The first-order valence-corrected chi connectivity index (χ1v) is 6.42. The molecule has 19 heavy (non-hydrogen) atoms. The quantitative estimate of drug-likeness (QED) is 0.763. The average Bonchev–Trinajstić information content (AvgIpc) is 2.99. The van der Waals surface area contributed by atoms with Gasteiger partial charge < -0.3 is 10.1 Å². The summed E-state index contributed by atoms with van der Waals surface area (Å²) in [5, 5.41) is 7.75. The van der Waals surface area contributed by atoms with Crippen LogP contribution in [0.2, 0.25) is 0 Å². The van der Waals surface area contributed by atoms with Gasteiger partial charge in [-0.15, -0.1) is 10.2 Å². The Bertz CT molecular complexity index is 723. The van der Waals surface area contributed by atoms with E-state index in [2.05, 4.69) is 31.8 Å². The summed E-state index contributed by atoms with van der Waals surface area (Å²) < 4.78 is 3.96. The zero-order valence-electron chi connectivity index (χ0n) is 10.4. The normalized spacial score (nSPS) is 15.2. The summed E-state index contributed by atoms with van der Waals surface area (Å²) >= 11 is 0. The van der Waals surface area contributed by atoms with Crippen molar-refractivity contribution in [1.29, 1.82) is 0 Å². The molecule has 96 valence electrons. The van der Waals surface area contributed by atoms with Crippen LogP contribution in [0.25, 0.3) is 11.3 Å². The van der Waals surface area contributed by atoms with Crippen LogP contribution in [0.3, 0.4) is 0 Å². The van der Waals surface area contributed by atoms with Gasteiger partial charge >= 0.3 is 0 Å². The Kier molecular flexibility index (Phi) is 2.19. The number of pyridine rings is 1. The summed E-state index contributed by atoms with van der Waals surface area (Å²) in [6.45, 7) is 0.446. The molecule has 0 radical (unpaired) electrons. The van der Waals surface area contributed by atoms with Gasteiger partial charge in [0.2, 0.25) is 0 Å². The van der Waals surface area contributed by atoms with Gasteiger partial charge in [-0.25, -0.2) is 4.98 Å². The second-order valence-corrected chi connectivity index (χ2v) is 4.97. The molecular weight excluding hydrogens is 240 g/mol. The van der Waals surface area contributed by atoms with E-state index in [-0.39, 0.29) is 0 Å². The molecule has 1 saturated carbocycles. The zero-order chi connectivity index (χ0) is 12.8. The van der Waals surface area contributed by atoms with Crippen molar-refractivity contribution >= 4 is 5.65 Å². The minimum atomic E-state index is 0.446. The van der Waals surface area contributed by atoms with Gasteiger partial charge in [-0.05, 0) is 30.4 Å². The third kappa shape index (κ3) is 1.72. The lowest BCUT2D eigenvalue weighted by Crippen LogP contribution is -1.98. The summed E-state index contributed by atoms with van der Waals surface area (Å²) in [5.41, 5.74) is 9.82. The average molecular weight is 254 g/mol. The van der Waals surface area contributed by atoms with E-state index in [0.717, 1.165) is 17.0 Å². The van der Waals surface area contributed by atoms with E-state index in [0.29, 0.717) is 12.5 Å². The van der Waals surface area contributed by atoms with E-state index in [4.69, 9.17) is 5.73 Å². The van der Waals surface area contributed by atoms with Crippen LogP contribution in [0, 0.1) is 0 Å². The van der Waals surface area contributed by atoms with Crippen molar-refractivity contribution in [2.24, 2.45) is 5.73 Å². The number of hydrogen-bond donors (Lipinski definition) is 1. The molecule has 6 nitrogen and oxygen atoms in total. The number of imidazole rings is 1. The van der Waals surface area contributed by atoms with Crippen LogP contribution in [0.4, 0.5) is 0 Å². The van der Waals surface area contributed by atoms with E-state index < -0.39 is 0 Å². The number of fused-ring (bicyclic) bond motifs is 1. The van der Waals surface area contributed by atoms with Crippen molar-refractivity contribution in [2.45, 2.75) is 25.3 Å². The molecular formula is C13H14N6. The van der Waals surface area contributed by atoms with E-state index in [1.54, 1.807) is 12.7 Å². The third-order valence-electron chi connectivity index (χ3n) is 3.56. The predicted molar refractivity (Wildman–Crippen MR) is 70.0 cm³/mol. The Balaban J connectivity index is 1.99. The highest BCUT2D eigenvalue weighted by molar-refractivity contribution is 5.61. The molecule has 1 aliphatic carbocycles. The number of hydrogen-bond acceptors (Lipinski definition) is 4. The van der Waals surface area contributed by atoms with Gasteiger partial charge in [0.25, 0.3) is 0 Å². The molecule has 0 unspecified atom stereocenters. The molecule has 0 aromatic carbocycles. The lowest BCUT2D eigenvalue weighted by molar-refractivity contribution is 0.996. The lowest BCUT2D eigenvalue weighted by atomic mass is 10.2. The number of rotatable bonds is 3. The first kappa shape index (κ1) is 10.7. The van der Waals surface area contributed by atoms with Crippen LogP contribution in [-0.4, -0.2) is 24.1 Å². The highest BCUT2D eigenvalue weighted by atomic mass is 15.2. The molecule has 0 bridgehead atoms. The van der Waals surface area contributed by atoms with Gasteiger partial charge in [-0.3, -0.25) is 4.57 Å². The monoisotopic (exact) mass is 254 g/mol. The first-order chi connectivity index (χ1) is 9.35. The van der Waals surface area contributed by atoms with Crippen LogP contribution < -0.4 is 5.73 Å². The molecule has 4 rings (SSSR count). The molecule has 3 aromatic rings. The van der Waals surface area contributed by atoms with Crippen molar-refractivity contribution < 1.29 is 0 Å². The molecule has 0 saturated heterocycles. The van der Waals surface area contributed by atoms with Crippen LogP contribution in [0.5, 0.6) is 0 Å². The molecule has 1 fully saturated rings. The fourth-order valence-corrected chi connectivity index (χ4v) is 2.41. The Morgan fingerprint density at radius 2 is 2.00 bits per heavy atom. The van der Waals surface area contributed by atoms with Crippen LogP contribution >= 0.6 is 0 Å². The Morgan fingerprint density at radius 1 is 1.21 bits per heavy atom. The molecule has 6 heteroatoms. The van der Waals surface area contributed by atoms with E-state index >= 15 is 0 Å². The van der Waals surface area contributed by atoms with Crippen molar-refractivity contribution in [2.75, 3.05) is 0 Å². The van der Waals surface area contributed by atoms with Crippen LogP contribution in [0.1, 0.15) is 30.0 Å². The molecule has 0 atom stereocenters. The van der Waals surface area contributed by atoms with Crippen molar-refractivity contribution in [3.63, 3.8) is 0 Å². The Hall–Kier alpha value is -2.21.